The molecule has 0 atom stereocenters. The van der Waals surface area contributed by atoms with Crippen molar-refractivity contribution in [1.82, 2.24) is 0 Å². The smallest absolute Gasteiger partial charge is 0.127 e. The lowest BCUT2D eigenvalue weighted by molar-refractivity contribution is 0.455. The van der Waals surface area contributed by atoms with E-state index in [1.54, 1.807) is 12.1 Å². The highest BCUT2D eigenvalue weighted by Crippen LogP contribution is 2.37. The van der Waals surface area contributed by atoms with Crippen molar-refractivity contribution in [1.29, 1.82) is 0 Å². The average Bonchev–Trinajstić information content (AvgIpc) is 2.29. The minimum absolute atomic E-state index is 0.0542. The molecule has 2 N–H and O–H groups in total. The maximum absolute atomic E-state index is 9.35. The highest BCUT2D eigenvalue weighted by Gasteiger charge is 2.05. The Kier molecular flexibility index (Phi) is 1.63. The van der Waals surface area contributed by atoms with Crippen LogP contribution in [-0.4, -0.2) is 10.2 Å². The van der Waals surface area contributed by atoms with Gasteiger partial charge in [-0.1, -0.05) is 11.6 Å². The summed E-state index contributed by atoms with van der Waals surface area (Å²) in [5.74, 6) is 0.117. The Morgan fingerprint density at radius 1 is 1.17 bits per heavy atom. The molecule has 1 aromatic carbocycles. The molecule has 2 nitrogen and oxygen atoms in total. The minimum Gasteiger partial charge on any atom is -0.508 e. The average molecular weight is 201 g/mol. The highest BCUT2D eigenvalue weighted by atomic mass is 35.5. The van der Waals surface area contributed by atoms with Crippen LogP contribution in [0.15, 0.2) is 18.2 Å². The van der Waals surface area contributed by atoms with Crippen molar-refractivity contribution in [3.8, 4) is 11.5 Å². The maximum atomic E-state index is 9.35. The van der Waals surface area contributed by atoms with E-state index in [0.29, 0.717) is 9.72 Å². The van der Waals surface area contributed by atoms with E-state index in [0.717, 1.165) is 4.70 Å². The molecule has 0 saturated heterocycles. The third-order valence-corrected chi connectivity index (χ3v) is 2.78. The first kappa shape index (κ1) is 7.71. The molecule has 4 heteroatoms. The second kappa shape index (κ2) is 2.54. The Balaban J connectivity index is 2.88. The summed E-state index contributed by atoms with van der Waals surface area (Å²) in [6, 6.07) is 4.55. The molecule has 0 aliphatic carbocycles. The van der Waals surface area contributed by atoms with Gasteiger partial charge in [0.25, 0.3) is 0 Å². The summed E-state index contributed by atoms with van der Waals surface area (Å²) < 4.78 is 1.39. The Morgan fingerprint density at radius 3 is 2.67 bits per heavy atom. The van der Waals surface area contributed by atoms with Gasteiger partial charge >= 0.3 is 0 Å². The predicted molar refractivity (Wildman–Crippen MR) is 50.2 cm³/mol. The van der Waals surface area contributed by atoms with E-state index in [1.165, 1.54) is 17.4 Å². The van der Waals surface area contributed by atoms with Gasteiger partial charge in [0.05, 0.1) is 4.34 Å². The van der Waals surface area contributed by atoms with E-state index < -0.39 is 0 Å². The fourth-order valence-corrected chi connectivity index (χ4v) is 2.27. The van der Waals surface area contributed by atoms with Gasteiger partial charge in [-0.2, -0.15) is 0 Å². The Hall–Kier alpha value is -0.930. The second-order valence-corrected chi connectivity index (χ2v) is 4.14. The summed E-state index contributed by atoms with van der Waals surface area (Å²) in [5, 5.41) is 19.2. The zero-order valence-electron chi connectivity index (χ0n) is 5.91. The van der Waals surface area contributed by atoms with Gasteiger partial charge in [-0.25, -0.2) is 0 Å². The van der Waals surface area contributed by atoms with Crippen LogP contribution >= 0.6 is 22.9 Å². The number of halogens is 1. The molecular formula is C8H5ClO2S. The van der Waals surface area contributed by atoms with Gasteiger partial charge in [-0.3, -0.25) is 0 Å². The number of rotatable bonds is 0. The van der Waals surface area contributed by atoms with Gasteiger partial charge in [0, 0.05) is 16.2 Å². The minimum atomic E-state index is 0.0542. The van der Waals surface area contributed by atoms with Crippen molar-refractivity contribution in [2.75, 3.05) is 0 Å². The lowest BCUT2D eigenvalue weighted by atomic mass is 10.2. The molecule has 0 saturated carbocycles. The molecular weight excluding hydrogens is 196 g/mol. The van der Waals surface area contributed by atoms with Crippen molar-refractivity contribution in [3.63, 3.8) is 0 Å². The Morgan fingerprint density at radius 2 is 1.92 bits per heavy atom. The molecule has 0 fully saturated rings. The number of hydrogen-bond donors (Lipinski definition) is 2. The second-order valence-electron chi connectivity index (χ2n) is 2.43. The number of benzene rings is 1. The van der Waals surface area contributed by atoms with Crippen molar-refractivity contribution in [2.45, 2.75) is 0 Å². The first-order valence-corrected chi connectivity index (χ1v) is 4.47. The van der Waals surface area contributed by atoms with Crippen molar-refractivity contribution in [3.05, 3.63) is 22.5 Å². The lowest BCUT2D eigenvalue weighted by Crippen LogP contribution is -1.66. The summed E-state index contributed by atoms with van der Waals surface area (Å²) in [7, 11) is 0. The topological polar surface area (TPSA) is 40.5 Å². The van der Waals surface area contributed by atoms with Crippen LogP contribution < -0.4 is 0 Å². The van der Waals surface area contributed by atoms with E-state index in [1.807, 2.05) is 0 Å². The van der Waals surface area contributed by atoms with Gasteiger partial charge in [0.2, 0.25) is 0 Å². The summed E-state index contributed by atoms with van der Waals surface area (Å²) >= 11 is 7.06. The predicted octanol–water partition coefficient (Wildman–Crippen LogP) is 2.97. The van der Waals surface area contributed by atoms with Crippen LogP contribution in [-0.2, 0) is 0 Å². The molecule has 2 aromatic rings. The zero-order chi connectivity index (χ0) is 8.72. The number of phenols is 2. The molecule has 0 aliphatic heterocycles. The summed E-state index contributed by atoms with van der Waals surface area (Å²) in [5.41, 5.74) is 0. The van der Waals surface area contributed by atoms with Crippen LogP contribution in [0.3, 0.4) is 0 Å². The Labute approximate surface area is 77.6 Å². The molecule has 0 unspecified atom stereocenters. The van der Waals surface area contributed by atoms with E-state index in [4.69, 9.17) is 16.7 Å². The highest BCUT2D eigenvalue weighted by molar-refractivity contribution is 7.22. The fraction of sp³-hybridized carbons (Fsp3) is 0. The van der Waals surface area contributed by atoms with Gasteiger partial charge < -0.3 is 10.2 Å². The number of fused-ring (bicyclic) bond motifs is 1. The first-order valence-electron chi connectivity index (χ1n) is 3.28. The molecule has 12 heavy (non-hydrogen) atoms. The van der Waals surface area contributed by atoms with Gasteiger partial charge in [0.1, 0.15) is 11.5 Å². The van der Waals surface area contributed by atoms with Crippen LogP contribution in [0, 0.1) is 0 Å². The van der Waals surface area contributed by atoms with Crippen LogP contribution in [0.25, 0.3) is 10.1 Å². The third kappa shape index (κ3) is 1.11. The third-order valence-electron chi connectivity index (χ3n) is 1.57. The first-order chi connectivity index (χ1) is 5.66. The standard InChI is InChI=1S/C8H5ClO2S/c9-8-3-5-6(11)1-4(10)2-7(5)12-8/h1-3,10-11H. The number of hydrogen-bond acceptors (Lipinski definition) is 3. The number of thiophene rings is 1. The molecule has 62 valence electrons. The van der Waals surface area contributed by atoms with Crippen molar-refractivity contribution >= 4 is 33.0 Å². The maximum Gasteiger partial charge on any atom is 0.127 e. The van der Waals surface area contributed by atoms with Crippen LogP contribution in [0.5, 0.6) is 11.5 Å². The Bertz CT molecular complexity index is 436. The van der Waals surface area contributed by atoms with Crippen LogP contribution in [0.1, 0.15) is 0 Å². The lowest BCUT2D eigenvalue weighted by Gasteiger charge is -1.95. The van der Waals surface area contributed by atoms with E-state index in [-0.39, 0.29) is 11.5 Å². The quantitative estimate of drug-likeness (QED) is 0.687. The summed E-state index contributed by atoms with van der Waals surface area (Å²) in [4.78, 5) is 0. The molecule has 0 aliphatic rings. The molecule has 1 heterocycles. The normalized spacial score (nSPS) is 10.8. The monoisotopic (exact) mass is 200 g/mol. The molecule has 0 bridgehead atoms. The van der Waals surface area contributed by atoms with Crippen LogP contribution in [0.2, 0.25) is 4.34 Å². The largest absolute Gasteiger partial charge is 0.508 e. The van der Waals surface area contributed by atoms with Crippen molar-refractivity contribution < 1.29 is 10.2 Å². The molecule has 1 aromatic heterocycles. The fourth-order valence-electron chi connectivity index (χ4n) is 1.08. The molecule has 0 radical (unpaired) electrons. The van der Waals surface area contributed by atoms with E-state index in [2.05, 4.69) is 0 Å². The van der Waals surface area contributed by atoms with Gasteiger partial charge in [-0.15, -0.1) is 11.3 Å². The van der Waals surface area contributed by atoms with Gasteiger partial charge in [0.15, 0.2) is 0 Å². The molecule has 0 spiro atoms. The van der Waals surface area contributed by atoms with Crippen molar-refractivity contribution in [2.24, 2.45) is 0 Å². The van der Waals surface area contributed by atoms with Gasteiger partial charge in [-0.05, 0) is 12.1 Å². The number of phenolic OH excluding ortho intramolecular Hbond substituents is 2. The molecule has 2 rings (SSSR count). The number of aromatic hydroxyl groups is 2. The summed E-state index contributed by atoms with van der Waals surface area (Å²) in [6.45, 7) is 0. The van der Waals surface area contributed by atoms with Crippen LogP contribution in [0.4, 0.5) is 0 Å². The molecule has 0 amide bonds. The van der Waals surface area contributed by atoms with E-state index in [9.17, 15) is 5.11 Å². The zero-order valence-corrected chi connectivity index (χ0v) is 7.49. The SMILES string of the molecule is Oc1cc(O)c2cc(Cl)sc2c1. The van der Waals surface area contributed by atoms with E-state index >= 15 is 0 Å². The summed E-state index contributed by atoms with van der Waals surface area (Å²) in [6.07, 6.45) is 0.